The van der Waals surface area contributed by atoms with Crippen LogP contribution in [-0.2, 0) is 14.3 Å². The van der Waals surface area contributed by atoms with Gasteiger partial charge in [-0.05, 0) is 17.7 Å². The summed E-state index contributed by atoms with van der Waals surface area (Å²) in [5.74, 6) is -0.598. The monoisotopic (exact) mass is 234 g/mol. The molecular formula is C12H14N2O3. The molecule has 1 amide bonds. The highest BCUT2D eigenvalue weighted by atomic mass is 16.5. The van der Waals surface area contributed by atoms with Crippen molar-refractivity contribution < 1.29 is 14.3 Å². The molecule has 5 nitrogen and oxygen atoms in total. The lowest BCUT2D eigenvalue weighted by atomic mass is 10.2. The van der Waals surface area contributed by atoms with E-state index in [1.54, 1.807) is 24.5 Å². The maximum Gasteiger partial charge on any atom is 0.307 e. The minimum atomic E-state index is -0.346. The van der Waals surface area contributed by atoms with Crippen molar-refractivity contribution in [2.75, 3.05) is 13.7 Å². The van der Waals surface area contributed by atoms with Crippen molar-refractivity contribution in [3.8, 4) is 0 Å². The predicted molar refractivity (Wildman–Crippen MR) is 62.9 cm³/mol. The highest BCUT2D eigenvalue weighted by Crippen LogP contribution is 1.97. The maximum atomic E-state index is 11.3. The minimum Gasteiger partial charge on any atom is -0.469 e. The molecule has 1 rings (SSSR count). The molecule has 17 heavy (non-hydrogen) atoms. The zero-order valence-corrected chi connectivity index (χ0v) is 9.55. The number of methoxy groups -OCH3 is 1. The molecule has 1 aromatic heterocycles. The number of hydrogen-bond acceptors (Lipinski definition) is 4. The number of hydrogen-bond donors (Lipinski definition) is 1. The summed E-state index contributed by atoms with van der Waals surface area (Å²) in [4.78, 5) is 26.0. The Morgan fingerprint density at radius 2 is 2.35 bits per heavy atom. The van der Waals surface area contributed by atoms with Crippen LogP contribution >= 0.6 is 0 Å². The molecule has 0 spiro atoms. The maximum absolute atomic E-state index is 11.3. The number of carbonyl (C=O) groups is 2. The third kappa shape index (κ3) is 5.46. The van der Waals surface area contributed by atoms with Gasteiger partial charge in [0.25, 0.3) is 0 Å². The van der Waals surface area contributed by atoms with Gasteiger partial charge in [0, 0.05) is 25.0 Å². The van der Waals surface area contributed by atoms with Gasteiger partial charge in [-0.3, -0.25) is 14.6 Å². The Morgan fingerprint density at radius 1 is 1.53 bits per heavy atom. The van der Waals surface area contributed by atoms with E-state index in [2.05, 4.69) is 15.0 Å². The van der Waals surface area contributed by atoms with E-state index in [1.807, 2.05) is 6.07 Å². The summed E-state index contributed by atoms with van der Waals surface area (Å²) in [6.07, 6.45) is 6.53. The molecule has 0 saturated carbocycles. The lowest BCUT2D eigenvalue weighted by molar-refractivity contribution is -0.140. The summed E-state index contributed by atoms with van der Waals surface area (Å²) >= 11 is 0. The lowest BCUT2D eigenvalue weighted by Gasteiger charge is -2.00. The molecule has 5 heteroatoms. The van der Waals surface area contributed by atoms with Crippen LogP contribution < -0.4 is 5.32 Å². The van der Waals surface area contributed by atoms with Crippen LogP contribution in [0.2, 0.25) is 0 Å². The van der Waals surface area contributed by atoms with Gasteiger partial charge in [-0.2, -0.15) is 0 Å². The average molecular weight is 234 g/mol. The topological polar surface area (TPSA) is 68.3 Å². The van der Waals surface area contributed by atoms with Crippen LogP contribution in [0.15, 0.2) is 30.6 Å². The van der Waals surface area contributed by atoms with Crippen LogP contribution in [0, 0.1) is 0 Å². The highest BCUT2D eigenvalue weighted by molar-refractivity contribution is 5.91. The van der Waals surface area contributed by atoms with E-state index < -0.39 is 0 Å². The van der Waals surface area contributed by atoms with Gasteiger partial charge in [-0.25, -0.2) is 0 Å². The SMILES string of the molecule is COC(=O)CCNC(=O)/C=C/c1cccnc1. The Balaban J connectivity index is 2.30. The molecule has 90 valence electrons. The second kappa shape index (κ2) is 7.16. The zero-order valence-electron chi connectivity index (χ0n) is 9.55. The molecule has 0 atom stereocenters. The molecule has 0 aliphatic heterocycles. The zero-order chi connectivity index (χ0) is 12.5. The molecule has 1 N–H and O–H groups in total. The molecular weight excluding hydrogens is 220 g/mol. The van der Waals surface area contributed by atoms with E-state index in [9.17, 15) is 9.59 Å². The van der Waals surface area contributed by atoms with Gasteiger partial charge in [0.2, 0.25) is 5.91 Å². The first-order valence-electron chi connectivity index (χ1n) is 5.15. The Morgan fingerprint density at radius 3 is 3.00 bits per heavy atom. The summed E-state index contributed by atoms with van der Waals surface area (Å²) in [6.45, 7) is 0.267. The smallest absolute Gasteiger partial charge is 0.307 e. The fraction of sp³-hybridized carbons (Fsp3) is 0.250. The number of aromatic nitrogens is 1. The van der Waals surface area contributed by atoms with Crippen LogP contribution in [0.1, 0.15) is 12.0 Å². The van der Waals surface area contributed by atoms with Gasteiger partial charge in [-0.15, -0.1) is 0 Å². The van der Waals surface area contributed by atoms with Gasteiger partial charge in [0.05, 0.1) is 13.5 Å². The van der Waals surface area contributed by atoms with Crippen molar-refractivity contribution in [3.63, 3.8) is 0 Å². The van der Waals surface area contributed by atoms with E-state index in [0.29, 0.717) is 0 Å². The fourth-order valence-electron chi connectivity index (χ4n) is 1.10. The summed E-state index contributed by atoms with van der Waals surface area (Å²) in [6, 6.07) is 3.63. The van der Waals surface area contributed by atoms with Gasteiger partial charge in [-0.1, -0.05) is 6.07 Å². The van der Waals surface area contributed by atoms with Crippen LogP contribution in [0.5, 0.6) is 0 Å². The average Bonchev–Trinajstić information content (AvgIpc) is 2.37. The van der Waals surface area contributed by atoms with E-state index >= 15 is 0 Å². The molecule has 0 saturated heterocycles. The van der Waals surface area contributed by atoms with E-state index in [1.165, 1.54) is 13.2 Å². The van der Waals surface area contributed by atoms with Crippen LogP contribution in [-0.4, -0.2) is 30.5 Å². The standard InChI is InChI=1S/C12H14N2O3/c1-17-12(16)6-8-14-11(15)5-4-10-3-2-7-13-9-10/h2-5,7,9H,6,8H2,1H3,(H,14,15)/b5-4+. The Kier molecular flexibility index (Phi) is 5.43. The quantitative estimate of drug-likeness (QED) is 0.603. The number of rotatable bonds is 5. The predicted octanol–water partition coefficient (Wildman–Crippen LogP) is 0.774. The first-order chi connectivity index (χ1) is 8.22. The van der Waals surface area contributed by atoms with Gasteiger partial charge in [0.15, 0.2) is 0 Å². The number of pyridine rings is 1. The number of ether oxygens (including phenoxy) is 1. The van der Waals surface area contributed by atoms with Gasteiger partial charge >= 0.3 is 5.97 Å². The van der Waals surface area contributed by atoms with Crippen molar-refractivity contribution in [2.45, 2.75) is 6.42 Å². The molecule has 1 heterocycles. The molecule has 0 aromatic carbocycles. The van der Waals surface area contributed by atoms with E-state index in [-0.39, 0.29) is 24.8 Å². The number of amides is 1. The second-order valence-electron chi connectivity index (χ2n) is 3.24. The number of nitrogens with one attached hydrogen (secondary N) is 1. The number of esters is 1. The van der Waals surface area contributed by atoms with Crippen molar-refractivity contribution in [3.05, 3.63) is 36.2 Å². The van der Waals surface area contributed by atoms with Crippen molar-refractivity contribution in [1.29, 1.82) is 0 Å². The first-order valence-corrected chi connectivity index (χ1v) is 5.15. The summed E-state index contributed by atoms with van der Waals surface area (Å²) < 4.78 is 4.44. The third-order valence-electron chi connectivity index (χ3n) is 1.97. The normalized spacial score (nSPS) is 10.2. The molecule has 1 aromatic rings. The van der Waals surface area contributed by atoms with Crippen LogP contribution in [0.25, 0.3) is 6.08 Å². The van der Waals surface area contributed by atoms with Crippen LogP contribution in [0.3, 0.4) is 0 Å². The van der Waals surface area contributed by atoms with Crippen molar-refractivity contribution >= 4 is 18.0 Å². The van der Waals surface area contributed by atoms with Crippen molar-refractivity contribution in [1.82, 2.24) is 10.3 Å². The van der Waals surface area contributed by atoms with Crippen molar-refractivity contribution in [2.24, 2.45) is 0 Å². The van der Waals surface area contributed by atoms with E-state index in [4.69, 9.17) is 0 Å². The summed E-state index contributed by atoms with van der Waals surface area (Å²) in [5.41, 5.74) is 0.843. The Bertz CT molecular complexity index is 401. The lowest BCUT2D eigenvalue weighted by Crippen LogP contribution is -2.24. The van der Waals surface area contributed by atoms with Gasteiger partial charge in [0.1, 0.15) is 0 Å². The summed E-state index contributed by atoms with van der Waals surface area (Å²) in [5, 5.41) is 2.57. The first kappa shape index (κ1) is 12.9. The number of nitrogens with zero attached hydrogens (tertiary/aromatic N) is 1. The molecule has 0 bridgehead atoms. The molecule has 0 radical (unpaired) electrons. The van der Waals surface area contributed by atoms with Gasteiger partial charge < -0.3 is 10.1 Å². The minimum absolute atomic E-state index is 0.170. The summed E-state index contributed by atoms with van der Waals surface area (Å²) in [7, 11) is 1.31. The number of carbonyl (C=O) groups excluding carboxylic acids is 2. The largest absolute Gasteiger partial charge is 0.469 e. The molecule has 0 aliphatic rings. The third-order valence-corrected chi connectivity index (χ3v) is 1.97. The van der Waals surface area contributed by atoms with Crippen LogP contribution in [0.4, 0.5) is 0 Å². The molecule has 0 fully saturated rings. The molecule has 0 unspecified atom stereocenters. The Hall–Kier alpha value is -2.17. The highest BCUT2D eigenvalue weighted by Gasteiger charge is 2.00. The fourth-order valence-corrected chi connectivity index (χ4v) is 1.10. The molecule has 0 aliphatic carbocycles. The second-order valence-corrected chi connectivity index (χ2v) is 3.24. The Labute approximate surface area is 99.5 Å². The van der Waals surface area contributed by atoms with E-state index in [0.717, 1.165) is 5.56 Å².